The number of nitrogens with one attached hydrogen (secondary N) is 1. The van der Waals surface area contributed by atoms with Crippen molar-refractivity contribution in [2.75, 3.05) is 13.0 Å². The van der Waals surface area contributed by atoms with Gasteiger partial charge in [-0.25, -0.2) is 0 Å². The molecule has 0 aromatic rings. The highest BCUT2D eigenvalue weighted by atomic mass is 16.3. The molecule has 5 fully saturated rings. The zero-order valence-electron chi connectivity index (χ0n) is 19.4. The molecule has 4 bridgehead atoms. The van der Waals surface area contributed by atoms with Crippen molar-refractivity contribution in [1.82, 2.24) is 10.2 Å². The molecular formula is C17H25N3O2. The second kappa shape index (κ2) is 4.94. The van der Waals surface area contributed by atoms with E-state index in [4.69, 9.17) is 9.60 Å². The third kappa shape index (κ3) is 2.33. The first-order valence-corrected chi connectivity index (χ1v) is 7.85. The van der Waals surface area contributed by atoms with Crippen molar-refractivity contribution in [2.24, 2.45) is 11.8 Å². The van der Waals surface area contributed by atoms with Crippen molar-refractivity contribution >= 4 is 5.91 Å². The molecule has 1 aliphatic heterocycles. The summed E-state index contributed by atoms with van der Waals surface area (Å²) in [5, 5.41) is 23.4. The van der Waals surface area contributed by atoms with Crippen LogP contribution in [0.4, 0.5) is 0 Å². The van der Waals surface area contributed by atoms with Crippen LogP contribution in [0.2, 0.25) is 0 Å². The summed E-state index contributed by atoms with van der Waals surface area (Å²) in [6.07, 6.45) is -1.94. The van der Waals surface area contributed by atoms with Crippen molar-refractivity contribution < 1.29 is 19.5 Å². The Balaban J connectivity index is 1.58. The summed E-state index contributed by atoms with van der Waals surface area (Å²) in [4.78, 5) is 13.1. The Morgan fingerprint density at radius 1 is 1.45 bits per heavy atom. The van der Waals surface area contributed by atoms with Gasteiger partial charge in [-0.15, -0.1) is 0 Å². The monoisotopic (exact) mass is 310 g/mol. The Hall–Kier alpha value is -1.12. The Bertz CT molecular complexity index is 784. The molecule has 4 aliphatic carbocycles. The van der Waals surface area contributed by atoms with Crippen LogP contribution in [0, 0.1) is 23.2 Å². The van der Waals surface area contributed by atoms with Crippen LogP contribution < -0.4 is 5.32 Å². The molecule has 1 amide bonds. The van der Waals surface area contributed by atoms with Crippen molar-refractivity contribution in [1.29, 1.82) is 5.26 Å². The summed E-state index contributed by atoms with van der Waals surface area (Å²) in [6.45, 7) is -3.63. The van der Waals surface area contributed by atoms with E-state index in [1.54, 1.807) is 0 Å². The molecule has 22 heavy (non-hydrogen) atoms. The van der Waals surface area contributed by atoms with Gasteiger partial charge < -0.3 is 15.3 Å². The fourth-order valence-corrected chi connectivity index (χ4v) is 5.28. The van der Waals surface area contributed by atoms with Crippen molar-refractivity contribution in [3.63, 3.8) is 0 Å². The summed E-state index contributed by atoms with van der Waals surface area (Å²) in [6, 6.07) is -1.72. The fourth-order valence-electron chi connectivity index (χ4n) is 5.28. The van der Waals surface area contributed by atoms with E-state index in [0.29, 0.717) is 18.3 Å². The minimum Gasteiger partial charge on any atom is -0.390 e. The molecule has 5 heteroatoms. The molecule has 1 saturated heterocycles. The third-order valence-corrected chi connectivity index (χ3v) is 5.57. The van der Waals surface area contributed by atoms with Crippen molar-refractivity contribution in [3.8, 4) is 6.07 Å². The van der Waals surface area contributed by atoms with Gasteiger partial charge in [0.05, 0.1) is 19.6 Å². The molecule has 0 spiro atoms. The van der Waals surface area contributed by atoms with Crippen LogP contribution in [0.25, 0.3) is 0 Å². The van der Waals surface area contributed by atoms with Gasteiger partial charge in [0, 0.05) is 20.3 Å². The maximum absolute atomic E-state index is 12.9. The van der Waals surface area contributed by atoms with Crippen LogP contribution in [-0.2, 0) is 4.79 Å². The lowest BCUT2D eigenvalue weighted by Gasteiger charge is -2.60. The Labute approximate surface area is 141 Å². The Morgan fingerprint density at radius 2 is 2.18 bits per heavy atom. The number of carbonyl (C=O) groups excluding carboxylic acids is 1. The van der Waals surface area contributed by atoms with Gasteiger partial charge in [-0.3, -0.25) is 4.79 Å². The summed E-state index contributed by atoms with van der Waals surface area (Å²) >= 11 is 0. The van der Waals surface area contributed by atoms with Crippen LogP contribution in [-0.4, -0.2) is 46.1 Å². The summed E-state index contributed by atoms with van der Waals surface area (Å²) in [7, 11) is 0. The smallest absolute Gasteiger partial charge is 0.237 e. The van der Waals surface area contributed by atoms with E-state index >= 15 is 0 Å². The first-order chi connectivity index (χ1) is 13.1. The number of carbonyl (C=O) groups is 1. The second-order valence-corrected chi connectivity index (χ2v) is 7.37. The molecule has 2 unspecified atom stereocenters. The van der Waals surface area contributed by atoms with Gasteiger partial charge >= 0.3 is 0 Å². The van der Waals surface area contributed by atoms with Gasteiger partial charge in [-0.05, 0) is 63.1 Å². The fraction of sp³-hybridized carbons (Fsp3) is 0.882. The molecule has 2 N–H and O–H groups in total. The molecular weight excluding hydrogens is 278 g/mol. The van der Waals surface area contributed by atoms with E-state index in [2.05, 4.69) is 5.32 Å². The highest BCUT2D eigenvalue weighted by Gasteiger charge is 2.57. The summed E-state index contributed by atoms with van der Waals surface area (Å²) in [5.74, 6) is -0.348. The Kier molecular flexibility index (Phi) is 1.94. The molecule has 4 saturated carbocycles. The SMILES string of the molecule is [2H]C1([2H])N(C(=O)CNC23C[C@@H]4C[C@@H](CC(O)(C4)C2)C3)[C@]([2H])(C#N)C([2H])([2H])C1([2H])[2H]. The summed E-state index contributed by atoms with van der Waals surface area (Å²) in [5.41, 5.74) is -1.26. The highest BCUT2D eigenvalue weighted by molar-refractivity contribution is 5.79. The predicted octanol–water partition coefficient (Wildman–Crippen LogP) is 1.17. The predicted molar refractivity (Wildman–Crippen MR) is 80.7 cm³/mol. The van der Waals surface area contributed by atoms with Crippen LogP contribution in [0.15, 0.2) is 0 Å². The normalized spacial score (nSPS) is 60.9. The maximum atomic E-state index is 12.9. The van der Waals surface area contributed by atoms with E-state index in [-0.39, 0.29) is 4.90 Å². The lowest BCUT2D eigenvalue weighted by molar-refractivity contribution is -0.147. The maximum Gasteiger partial charge on any atom is 0.237 e. The van der Waals surface area contributed by atoms with Crippen molar-refractivity contribution in [3.05, 3.63) is 0 Å². The number of nitriles is 1. The molecule has 0 radical (unpaired) electrons. The standard InChI is InChI=1S/C17H25N3O2/c18-9-14-2-1-3-20(14)15(21)10-19-16-5-12-4-13(6-16)8-17(22,7-12)11-16/h12-14,19,22H,1-8,10-11H2/t12-,13+,14-,16?,17?/m0/s1/i1D2,2D2,3D2,14D. The molecule has 120 valence electrons. The zero-order valence-corrected chi connectivity index (χ0v) is 12.4. The molecule has 0 aromatic carbocycles. The topological polar surface area (TPSA) is 76.4 Å². The van der Waals surface area contributed by atoms with E-state index in [9.17, 15) is 15.2 Å². The van der Waals surface area contributed by atoms with Crippen LogP contribution in [0.1, 0.15) is 60.9 Å². The molecule has 5 atom stereocenters. The lowest BCUT2D eigenvalue weighted by Crippen LogP contribution is -2.65. The molecule has 5 nitrogen and oxygen atoms in total. The van der Waals surface area contributed by atoms with Crippen LogP contribution in [0.5, 0.6) is 0 Å². The molecule has 5 rings (SSSR count). The van der Waals surface area contributed by atoms with E-state index in [1.807, 2.05) is 0 Å². The number of aliphatic hydroxyl groups is 1. The van der Waals surface area contributed by atoms with Gasteiger partial charge in [0.25, 0.3) is 0 Å². The number of rotatable bonds is 3. The van der Waals surface area contributed by atoms with E-state index in [1.165, 1.54) is 6.07 Å². The first-order valence-electron chi connectivity index (χ1n) is 11.4. The molecule has 0 aromatic heterocycles. The molecule has 5 aliphatic rings. The number of hydrogen-bond acceptors (Lipinski definition) is 4. The van der Waals surface area contributed by atoms with Crippen LogP contribution >= 0.6 is 0 Å². The number of amides is 1. The first kappa shape index (κ1) is 8.65. The van der Waals surface area contributed by atoms with Gasteiger partial charge in [-0.2, -0.15) is 5.26 Å². The van der Waals surface area contributed by atoms with Gasteiger partial charge in [0.1, 0.15) is 6.02 Å². The molecule has 1 heterocycles. The average Bonchev–Trinajstić information content (AvgIpc) is 2.64. The van der Waals surface area contributed by atoms with Crippen molar-refractivity contribution in [2.45, 2.75) is 68.4 Å². The van der Waals surface area contributed by atoms with Gasteiger partial charge in [-0.1, -0.05) is 0 Å². The minimum absolute atomic E-state index is 0.113. The largest absolute Gasteiger partial charge is 0.390 e. The minimum atomic E-state index is -3.25. The number of hydrogen-bond donors (Lipinski definition) is 2. The van der Waals surface area contributed by atoms with Gasteiger partial charge in [0.2, 0.25) is 5.91 Å². The third-order valence-electron chi connectivity index (χ3n) is 5.57. The average molecular weight is 310 g/mol. The van der Waals surface area contributed by atoms with E-state index < -0.39 is 48.9 Å². The summed E-state index contributed by atoms with van der Waals surface area (Å²) < 4.78 is 55.8. The number of nitrogens with zero attached hydrogens (tertiary/aromatic N) is 2. The number of likely N-dealkylation sites (tertiary alicyclic amines) is 1. The Morgan fingerprint density at radius 3 is 2.82 bits per heavy atom. The second-order valence-electron chi connectivity index (χ2n) is 7.37. The van der Waals surface area contributed by atoms with Gasteiger partial charge in [0.15, 0.2) is 0 Å². The van der Waals surface area contributed by atoms with Crippen LogP contribution in [0.3, 0.4) is 0 Å². The van der Waals surface area contributed by atoms with E-state index in [0.717, 1.165) is 32.1 Å². The zero-order chi connectivity index (χ0) is 21.7. The quantitative estimate of drug-likeness (QED) is 0.820. The lowest BCUT2D eigenvalue weighted by atomic mass is 9.51. The highest BCUT2D eigenvalue weighted by Crippen LogP contribution is 2.57.